The molecule has 5 nitrogen and oxygen atoms in total. The molecule has 1 amide bonds. The van der Waals surface area contributed by atoms with Crippen molar-refractivity contribution >= 4 is 11.9 Å². The van der Waals surface area contributed by atoms with Crippen LogP contribution in [-0.2, 0) is 14.3 Å². The highest BCUT2D eigenvalue weighted by Gasteiger charge is 2.54. The SMILES string of the molecule is O=C1CC2(CO1)CC(C(=O)N1CCC3(CC1)CC(c1cccc(OC(F)(F)F)c1)C3)C2. The highest BCUT2D eigenvalue weighted by Crippen LogP contribution is 2.57. The van der Waals surface area contributed by atoms with Crippen LogP contribution in [0.3, 0.4) is 0 Å². The molecule has 2 aliphatic carbocycles. The van der Waals surface area contributed by atoms with E-state index in [2.05, 4.69) is 4.74 Å². The molecule has 0 atom stereocenters. The van der Waals surface area contributed by atoms with Crippen molar-refractivity contribution in [2.24, 2.45) is 16.7 Å². The molecule has 0 N–H and O–H groups in total. The van der Waals surface area contributed by atoms with Gasteiger partial charge in [0.2, 0.25) is 5.91 Å². The molecule has 4 aliphatic rings. The molecule has 0 unspecified atom stereocenters. The number of cyclic esters (lactones) is 1. The number of benzene rings is 1. The van der Waals surface area contributed by atoms with Crippen molar-refractivity contribution in [1.29, 1.82) is 0 Å². The average molecular weight is 437 g/mol. The summed E-state index contributed by atoms with van der Waals surface area (Å²) in [6.07, 6.45) is 1.01. The monoisotopic (exact) mass is 437 g/mol. The molecule has 2 saturated carbocycles. The maximum absolute atomic E-state index is 12.9. The molecule has 0 radical (unpaired) electrons. The summed E-state index contributed by atoms with van der Waals surface area (Å²) in [6, 6.07) is 6.29. The maximum Gasteiger partial charge on any atom is 0.573 e. The van der Waals surface area contributed by atoms with Crippen LogP contribution in [0.1, 0.15) is 56.4 Å². The average Bonchev–Trinajstić information content (AvgIpc) is 3.05. The van der Waals surface area contributed by atoms with Gasteiger partial charge in [-0.05, 0) is 67.6 Å². The summed E-state index contributed by atoms with van der Waals surface area (Å²) >= 11 is 0. The number of carbonyl (C=O) groups is 2. The third-order valence-electron chi connectivity index (χ3n) is 7.82. The molecular formula is C23H26F3NO4. The van der Waals surface area contributed by atoms with Crippen LogP contribution in [-0.4, -0.2) is 42.8 Å². The number of carbonyl (C=O) groups excluding carboxylic acids is 2. The van der Waals surface area contributed by atoms with E-state index in [1.807, 2.05) is 11.0 Å². The smallest absolute Gasteiger partial charge is 0.465 e. The van der Waals surface area contributed by atoms with E-state index in [0.717, 1.165) is 57.2 Å². The van der Waals surface area contributed by atoms with Crippen LogP contribution < -0.4 is 4.74 Å². The third-order valence-corrected chi connectivity index (χ3v) is 7.82. The topological polar surface area (TPSA) is 55.8 Å². The number of rotatable bonds is 3. The number of ether oxygens (including phenoxy) is 2. The first-order valence-electron chi connectivity index (χ1n) is 10.9. The van der Waals surface area contributed by atoms with E-state index in [1.165, 1.54) is 12.1 Å². The Kier molecular flexibility index (Phi) is 4.75. The summed E-state index contributed by atoms with van der Waals surface area (Å²) in [7, 11) is 0. The summed E-state index contributed by atoms with van der Waals surface area (Å²) in [5.41, 5.74) is 0.980. The molecule has 8 heteroatoms. The van der Waals surface area contributed by atoms with E-state index in [1.54, 1.807) is 6.07 Å². The van der Waals surface area contributed by atoms with Crippen LogP contribution in [0, 0.1) is 16.7 Å². The number of halogens is 3. The molecule has 168 valence electrons. The van der Waals surface area contributed by atoms with Crippen LogP contribution >= 0.6 is 0 Å². The number of alkyl halides is 3. The predicted octanol–water partition coefficient (Wildman–Crippen LogP) is 4.41. The van der Waals surface area contributed by atoms with Crippen molar-refractivity contribution in [2.45, 2.75) is 57.2 Å². The van der Waals surface area contributed by atoms with Gasteiger partial charge < -0.3 is 14.4 Å². The van der Waals surface area contributed by atoms with E-state index in [4.69, 9.17) is 4.74 Å². The number of nitrogens with zero attached hydrogens (tertiary/aromatic N) is 1. The van der Waals surface area contributed by atoms with E-state index in [0.29, 0.717) is 13.0 Å². The van der Waals surface area contributed by atoms with Crippen LogP contribution in [0.15, 0.2) is 24.3 Å². The normalized spacial score (nSPS) is 25.3. The minimum absolute atomic E-state index is 0.00839. The fourth-order valence-corrected chi connectivity index (χ4v) is 6.12. The summed E-state index contributed by atoms with van der Waals surface area (Å²) in [4.78, 5) is 26.2. The Morgan fingerprint density at radius 1 is 1.10 bits per heavy atom. The molecule has 0 aromatic heterocycles. The molecule has 31 heavy (non-hydrogen) atoms. The molecule has 2 saturated heterocycles. The molecule has 1 aromatic rings. The van der Waals surface area contributed by atoms with Gasteiger partial charge in [0.15, 0.2) is 0 Å². The Labute approximate surface area is 178 Å². The highest BCUT2D eigenvalue weighted by atomic mass is 19.4. The summed E-state index contributed by atoms with van der Waals surface area (Å²) in [5.74, 6) is 0.132. The van der Waals surface area contributed by atoms with E-state index < -0.39 is 6.36 Å². The van der Waals surface area contributed by atoms with Gasteiger partial charge in [0.05, 0.1) is 13.0 Å². The van der Waals surface area contributed by atoms with Crippen molar-refractivity contribution in [3.05, 3.63) is 29.8 Å². The van der Waals surface area contributed by atoms with Crippen molar-refractivity contribution in [2.75, 3.05) is 19.7 Å². The Morgan fingerprint density at radius 3 is 2.42 bits per heavy atom. The molecule has 1 aromatic carbocycles. The standard InChI is InChI=1S/C23H26F3NO4/c24-23(25,26)31-18-3-1-2-15(8-18)16-9-21(10-16)4-6-27(7-5-21)20(29)17-11-22(12-17)13-19(28)30-14-22/h1-3,8,16-17H,4-7,9-14H2. The van der Waals surface area contributed by atoms with Gasteiger partial charge in [-0.2, -0.15) is 0 Å². The largest absolute Gasteiger partial charge is 0.573 e. The van der Waals surface area contributed by atoms with Crippen molar-refractivity contribution in [1.82, 2.24) is 4.90 Å². The zero-order valence-corrected chi connectivity index (χ0v) is 17.2. The number of piperidine rings is 1. The molecule has 0 bridgehead atoms. The number of esters is 1. The zero-order chi connectivity index (χ0) is 21.9. The number of amides is 1. The minimum Gasteiger partial charge on any atom is -0.465 e. The van der Waals surface area contributed by atoms with Crippen LogP contribution in [0.2, 0.25) is 0 Å². The molecule has 5 rings (SSSR count). The van der Waals surface area contributed by atoms with E-state index >= 15 is 0 Å². The fraction of sp³-hybridized carbons (Fsp3) is 0.652. The second-order valence-corrected chi connectivity index (χ2v) is 9.99. The highest BCUT2D eigenvalue weighted by molar-refractivity contribution is 5.81. The van der Waals surface area contributed by atoms with E-state index in [9.17, 15) is 22.8 Å². The summed E-state index contributed by atoms with van der Waals surface area (Å²) in [5, 5.41) is 0. The Hall–Kier alpha value is -2.25. The first-order valence-corrected chi connectivity index (χ1v) is 10.9. The summed E-state index contributed by atoms with van der Waals surface area (Å²) < 4.78 is 46.5. The second kappa shape index (κ2) is 7.14. The summed E-state index contributed by atoms with van der Waals surface area (Å²) in [6.45, 7) is 1.93. The lowest BCUT2D eigenvalue weighted by molar-refractivity contribution is -0.274. The minimum atomic E-state index is -4.68. The van der Waals surface area contributed by atoms with Crippen LogP contribution in [0.4, 0.5) is 13.2 Å². The van der Waals surface area contributed by atoms with Gasteiger partial charge in [-0.25, -0.2) is 0 Å². The van der Waals surface area contributed by atoms with E-state index in [-0.39, 0.29) is 40.3 Å². The molecular weight excluding hydrogens is 411 g/mol. The predicted molar refractivity (Wildman–Crippen MR) is 104 cm³/mol. The lowest BCUT2D eigenvalue weighted by Crippen LogP contribution is -2.52. The van der Waals surface area contributed by atoms with Crippen molar-refractivity contribution in [3.8, 4) is 5.75 Å². The quantitative estimate of drug-likeness (QED) is 0.658. The number of hydrogen-bond acceptors (Lipinski definition) is 4. The maximum atomic E-state index is 12.9. The molecule has 2 spiro atoms. The number of hydrogen-bond donors (Lipinski definition) is 0. The lowest BCUT2D eigenvalue weighted by atomic mass is 9.56. The van der Waals surface area contributed by atoms with Gasteiger partial charge in [0.1, 0.15) is 5.75 Å². The zero-order valence-electron chi connectivity index (χ0n) is 17.2. The Morgan fingerprint density at radius 2 is 1.81 bits per heavy atom. The molecule has 2 heterocycles. The van der Waals surface area contributed by atoms with Crippen molar-refractivity contribution in [3.63, 3.8) is 0 Å². The van der Waals surface area contributed by atoms with Gasteiger partial charge in [-0.15, -0.1) is 13.2 Å². The van der Waals surface area contributed by atoms with Gasteiger partial charge >= 0.3 is 12.3 Å². The fourth-order valence-electron chi connectivity index (χ4n) is 6.12. The lowest BCUT2D eigenvalue weighted by Gasteiger charge is -2.53. The van der Waals surface area contributed by atoms with Gasteiger partial charge in [-0.3, -0.25) is 9.59 Å². The first-order chi connectivity index (χ1) is 14.6. The van der Waals surface area contributed by atoms with Crippen molar-refractivity contribution < 1.29 is 32.2 Å². The van der Waals surface area contributed by atoms with Crippen LogP contribution in [0.5, 0.6) is 5.75 Å². The second-order valence-electron chi connectivity index (χ2n) is 9.99. The van der Waals surface area contributed by atoms with Gasteiger partial charge in [-0.1, -0.05) is 12.1 Å². The molecule has 2 aliphatic heterocycles. The van der Waals surface area contributed by atoms with Gasteiger partial charge in [0, 0.05) is 24.4 Å². The first kappa shape index (κ1) is 20.6. The Balaban J connectivity index is 1.11. The molecule has 4 fully saturated rings. The van der Waals surface area contributed by atoms with Gasteiger partial charge in [0.25, 0.3) is 0 Å². The third kappa shape index (κ3) is 4.01. The Bertz CT molecular complexity index is 877. The number of likely N-dealkylation sites (tertiary alicyclic amines) is 1. The van der Waals surface area contributed by atoms with Crippen LogP contribution in [0.25, 0.3) is 0 Å².